The van der Waals surface area contributed by atoms with E-state index >= 15 is 0 Å². The van der Waals surface area contributed by atoms with E-state index in [1.54, 1.807) is 53.2 Å². The molecule has 0 saturated carbocycles. The number of benzene rings is 2. The van der Waals surface area contributed by atoms with E-state index in [0.29, 0.717) is 27.7 Å². The van der Waals surface area contributed by atoms with E-state index in [1.807, 2.05) is 20.8 Å². The van der Waals surface area contributed by atoms with Crippen LogP contribution in [0.1, 0.15) is 31.1 Å². The van der Waals surface area contributed by atoms with E-state index in [0.717, 1.165) is 0 Å². The number of urea groups is 1. The molecule has 0 saturated heterocycles. The second-order valence-electron chi connectivity index (χ2n) is 7.72. The van der Waals surface area contributed by atoms with Crippen molar-refractivity contribution < 1.29 is 9.59 Å². The molecule has 6 N–H and O–H groups in total. The van der Waals surface area contributed by atoms with Gasteiger partial charge < -0.3 is 22.1 Å². The minimum Gasteiger partial charge on any atom is -0.383 e. The number of primary amides is 1. The largest absolute Gasteiger partial charge is 0.383 e. The van der Waals surface area contributed by atoms with Crippen molar-refractivity contribution in [3.8, 4) is 11.3 Å². The van der Waals surface area contributed by atoms with Crippen molar-refractivity contribution in [2.24, 2.45) is 5.73 Å². The number of hydrogen-bond donors (Lipinski definition) is 4. The Kier molecular flexibility index (Phi) is 5.71. The molecule has 30 heavy (non-hydrogen) atoms. The Morgan fingerprint density at radius 2 is 1.67 bits per heavy atom. The van der Waals surface area contributed by atoms with E-state index in [1.165, 1.54) is 0 Å². The van der Waals surface area contributed by atoms with Crippen LogP contribution in [-0.2, 0) is 5.54 Å². The second kappa shape index (κ2) is 8.08. The zero-order valence-corrected chi connectivity index (χ0v) is 17.6. The summed E-state index contributed by atoms with van der Waals surface area (Å²) in [5, 5.41) is 10.5. The van der Waals surface area contributed by atoms with E-state index in [-0.39, 0.29) is 11.4 Å². The van der Waals surface area contributed by atoms with Gasteiger partial charge >= 0.3 is 6.03 Å². The summed E-state index contributed by atoms with van der Waals surface area (Å²) in [6.07, 6.45) is 0. The smallest absolute Gasteiger partial charge is 0.323 e. The summed E-state index contributed by atoms with van der Waals surface area (Å²) in [6.45, 7) is 5.78. The number of hydrogen-bond acceptors (Lipinski definition) is 4. The number of halogens is 1. The molecule has 3 amide bonds. The molecule has 0 aliphatic heterocycles. The highest BCUT2D eigenvalue weighted by Gasteiger charge is 2.26. The number of carbonyl (C=O) groups excluding carboxylic acids is 2. The van der Waals surface area contributed by atoms with Gasteiger partial charge in [0, 0.05) is 22.0 Å². The third kappa shape index (κ3) is 4.55. The zero-order chi connectivity index (χ0) is 22.1. The number of nitrogens with zero attached hydrogens (tertiary/aromatic N) is 2. The molecule has 1 aromatic heterocycles. The normalized spacial score (nSPS) is 11.2. The van der Waals surface area contributed by atoms with Crippen molar-refractivity contribution in [1.29, 1.82) is 0 Å². The van der Waals surface area contributed by atoms with Crippen LogP contribution in [0.4, 0.5) is 22.0 Å². The minimum absolute atomic E-state index is 0.171. The average Bonchev–Trinajstić information content (AvgIpc) is 3.00. The molecule has 0 aliphatic carbocycles. The van der Waals surface area contributed by atoms with Crippen LogP contribution < -0.4 is 22.1 Å². The molecule has 3 aromatic rings. The maximum Gasteiger partial charge on any atom is 0.323 e. The predicted octanol–water partition coefficient (Wildman–Crippen LogP) is 4.28. The van der Waals surface area contributed by atoms with Gasteiger partial charge in [-0.3, -0.25) is 4.79 Å². The Morgan fingerprint density at radius 3 is 2.23 bits per heavy atom. The van der Waals surface area contributed by atoms with E-state index < -0.39 is 17.5 Å². The molecular weight excluding hydrogens is 404 g/mol. The number of anilines is 3. The zero-order valence-electron chi connectivity index (χ0n) is 16.9. The van der Waals surface area contributed by atoms with Crippen LogP contribution in [0, 0.1) is 0 Å². The van der Waals surface area contributed by atoms with Gasteiger partial charge in [-0.1, -0.05) is 29.8 Å². The highest BCUT2D eigenvalue weighted by atomic mass is 35.5. The molecule has 0 bridgehead atoms. The van der Waals surface area contributed by atoms with Gasteiger partial charge in [0.05, 0.1) is 5.54 Å². The predicted molar refractivity (Wildman–Crippen MR) is 120 cm³/mol. The maximum absolute atomic E-state index is 12.2. The van der Waals surface area contributed by atoms with E-state index in [4.69, 9.17) is 23.1 Å². The molecule has 0 unspecified atom stereocenters. The van der Waals surface area contributed by atoms with Crippen LogP contribution in [0.2, 0.25) is 5.02 Å². The summed E-state index contributed by atoms with van der Waals surface area (Å²) in [5.41, 5.74) is 13.6. The minimum atomic E-state index is -0.652. The molecule has 9 heteroatoms. The first-order valence-corrected chi connectivity index (χ1v) is 9.57. The summed E-state index contributed by atoms with van der Waals surface area (Å²) in [4.78, 5) is 24.2. The van der Waals surface area contributed by atoms with Crippen molar-refractivity contribution in [3.63, 3.8) is 0 Å². The Hall–Kier alpha value is -3.52. The Bertz CT molecular complexity index is 1100. The first-order valence-electron chi connectivity index (χ1n) is 9.19. The van der Waals surface area contributed by atoms with Gasteiger partial charge in [0.15, 0.2) is 0 Å². The Balaban J connectivity index is 1.82. The molecule has 0 atom stereocenters. The molecule has 0 spiro atoms. The van der Waals surface area contributed by atoms with Gasteiger partial charge in [-0.15, -0.1) is 0 Å². The van der Waals surface area contributed by atoms with Crippen molar-refractivity contribution in [2.45, 2.75) is 26.3 Å². The number of rotatable bonds is 4. The van der Waals surface area contributed by atoms with Gasteiger partial charge in [0.25, 0.3) is 5.91 Å². The SMILES string of the molecule is CC(C)(C)n1nc(-c2ccc(NC(=O)Nc3cccc(Cl)c3)cc2)c(C(N)=O)c1N. The Labute approximate surface area is 179 Å². The lowest BCUT2D eigenvalue weighted by Crippen LogP contribution is -2.25. The van der Waals surface area contributed by atoms with E-state index in [2.05, 4.69) is 15.7 Å². The van der Waals surface area contributed by atoms with Gasteiger partial charge in [-0.05, 0) is 51.1 Å². The molecular formula is C21H23ClN6O2. The molecule has 3 rings (SSSR count). The summed E-state index contributed by atoms with van der Waals surface area (Å²) < 4.78 is 1.58. The molecule has 1 heterocycles. The summed E-state index contributed by atoms with van der Waals surface area (Å²) in [7, 11) is 0. The van der Waals surface area contributed by atoms with Crippen molar-refractivity contribution in [2.75, 3.05) is 16.4 Å². The molecule has 0 aliphatic rings. The average molecular weight is 427 g/mol. The van der Waals surface area contributed by atoms with Crippen LogP contribution in [-0.4, -0.2) is 21.7 Å². The summed E-state index contributed by atoms with van der Waals surface area (Å²) >= 11 is 5.92. The van der Waals surface area contributed by atoms with Crippen LogP contribution in [0.15, 0.2) is 48.5 Å². The number of carbonyl (C=O) groups is 2. The maximum atomic E-state index is 12.2. The first kappa shape index (κ1) is 21.2. The number of nitrogens with one attached hydrogen (secondary N) is 2. The lowest BCUT2D eigenvalue weighted by Gasteiger charge is -2.20. The lowest BCUT2D eigenvalue weighted by molar-refractivity contribution is 0.100. The number of nitrogens with two attached hydrogens (primary N) is 2. The van der Waals surface area contributed by atoms with Crippen molar-refractivity contribution in [1.82, 2.24) is 9.78 Å². The Morgan fingerprint density at radius 1 is 1.03 bits per heavy atom. The van der Waals surface area contributed by atoms with E-state index in [9.17, 15) is 9.59 Å². The quantitative estimate of drug-likeness (QED) is 0.496. The fourth-order valence-electron chi connectivity index (χ4n) is 2.96. The molecule has 2 aromatic carbocycles. The highest BCUT2D eigenvalue weighted by Crippen LogP contribution is 2.31. The fourth-order valence-corrected chi connectivity index (χ4v) is 3.15. The topological polar surface area (TPSA) is 128 Å². The van der Waals surface area contributed by atoms with Crippen LogP contribution >= 0.6 is 11.6 Å². The van der Waals surface area contributed by atoms with Gasteiger partial charge in [-0.2, -0.15) is 5.10 Å². The lowest BCUT2D eigenvalue weighted by atomic mass is 10.1. The molecule has 156 valence electrons. The highest BCUT2D eigenvalue weighted by molar-refractivity contribution is 6.30. The molecule has 0 radical (unpaired) electrons. The van der Waals surface area contributed by atoms with Gasteiger partial charge in [0.2, 0.25) is 0 Å². The fraction of sp³-hybridized carbons (Fsp3) is 0.190. The number of nitrogen functional groups attached to an aromatic ring is 1. The van der Waals surface area contributed by atoms with Crippen LogP contribution in [0.5, 0.6) is 0 Å². The second-order valence-corrected chi connectivity index (χ2v) is 8.16. The van der Waals surface area contributed by atoms with Crippen molar-refractivity contribution in [3.05, 3.63) is 59.1 Å². The third-order valence-corrected chi connectivity index (χ3v) is 4.54. The standard InChI is InChI=1S/C21H23ClN6O2/c1-21(2,3)28-18(23)16(19(24)29)17(27-28)12-7-9-14(10-8-12)25-20(30)26-15-6-4-5-13(22)11-15/h4-11H,23H2,1-3H3,(H2,24,29)(H2,25,26,30). The molecule has 0 fully saturated rings. The monoisotopic (exact) mass is 426 g/mol. The van der Waals surface area contributed by atoms with Gasteiger partial charge in [0.1, 0.15) is 17.1 Å². The third-order valence-electron chi connectivity index (χ3n) is 4.30. The molecule has 8 nitrogen and oxygen atoms in total. The van der Waals surface area contributed by atoms with Crippen LogP contribution in [0.25, 0.3) is 11.3 Å². The number of amides is 3. The van der Waals surface area contributed by atoms with Gasteiger partial charge in [-0.25, -0.2) is 9.48 Å². The van der Waals surface area contributed by atoms with Crippen molar-refractivity contribution >= 4 is 40.7 Å². The summed E-state index contributed by atoms with van der Waals surface area (Å²) in [6, 6.07) is 13.3. The van der Waals surface area contributed by atoms with Crippen LogP contribution in [0.3, 0.4) is 0 Å². The first-order chi connectivity index (χ1) is 14.1. The summed E-state index contributed by atoms with van der Waals surface area (Å²) in [5.74, 6) is -0.436. The number of aromatic nitrogens is 2.